The molecule has 0 atom stereocenters. The summed E-state index contributed by atoms with van der Waals surface area (Å²) in [4.78, 5) is 16.4. The zero-order valence-electron chi connectivity index (χ0n) is 13.8. The number of carbonyl (C=O) groups is 1. The third-order valence-electron chi connectivity index (χ3n) is 4.90. The van der Waals surface area contributed by atoms with Crippen LogP contribution < -0.4 is 0 Å². The Hall–Kier alpha value is -2.63. The average Bonchev–Trinajstić information content (AvgIpc) is 3.25. The molecule has 1 aliphatic rings. The maximum absolute atomic E-state index is 12.7. The third-order valence-corrected chi connectivity index (χ3v) is 4.90. The zero-order chi connectivity index (χ0) is 16.5. The quantitative estimate of drug-likeness (QED) is 0.742. The second-order valence-corrected chi connectivity index (χ2v) is 6.42. The lowest BCUT2D eigenvalue weighted by Gasteiger charge is -2.31. The summed E-state index contributed by atoms with van der Waals surface area (Å²) in [6.45, 7) is 1.55. The molecule has 0 spiro atoms. The number of hydrogen-bond acceptors (Lipinski definition) is 3. The predicted molar refractivity (Wildman–Crippen MR) is 91.5 cm³/mol. The Balaban J connectivity index is 1.43. The molecule has 1 saturated heterocycles. The largest absolute Gasteiger partial charge is 0.350 e. The van der Waals surface area contributed by atoms with Crippen LogP contribution >= 0.6 is 0 Å². The van der Waals surface area contributed by atoms with E-state index in [9.17, 15) is 4.79 Å². The second-order valence-electron chi connectivity index (χ2n) is 6.42. The average molecular weight is 323 g/mol. The van der Waals surface area contributed by atoms with Gasteiger partial charge in [0.1, 0.15) is 0 Å². The topological polar surface area (TPSA) is 56.0 Å². The molecule has 1 fully saturated rings. The molecule has 24 heavy (non-hydrogen) atoms. The van der Waals surface area contributed by atoms with E-state index in [0.717, 1.165) is 31.5 Å². The first kappa shape index (κ1) is 14.9. The van der Waals surface area contributed by atoms with Crippen LogP contribution in [0.25, 0.3) is 10.9 Å². The monoisotopic (exact) mass is 323 g/mol. The zero-order valence-corrected chi connectivity index (χ0v) is 13.8. The van der Waals surface area contributed by atoms with Crippen LogP contribution in [-0.2, 0) is 18.3 Å². The summed E-state index contributed by atoms with van der Waals surface area (Å²) in [7, 11) is 2.03. The Morgan fingerprint density at radius 1 is 1.17 bits per heavy atom. The second kappa shape index (κ2) is 6.11. The van der Waals surface area contributed by atoms with Crippen molar-refractivity contribution in [2.45, 2.75) is 25.3 Å². The molecule has 0 radical (unpaired) electrons. The van der Waals surface area contributed by atoms with Gasteiger partial charge in [-0.05, 0) is 24.5 Å². The van der Waals surface area contributed by atoms with E-state index in [4.69, 9.17) is 0 Å². The number of hydrogen-bond donors (Lipinski definition) is 0. The number of piperidine rings is 1. The molecule has 0 N–H and O–H groups in total. The fourth-order valence-electron chi connectivity index (χ4n) is 3.60. The van der Waals surface area contributed by atoms with Gasteiger partial charge in [0.25, 0.3) is 0 Å². The summed E-state index contributed by atoms with van der Waals surface area (Å²) in [5.41, 5.74) is 2.28. The molecule has 1 aliphatic heterocycles. The summed E-state index contributed by atoms with van der Waals surface area (Å²) in [5.74, 6) is 0.207. The van der Waals surface area contributed by atoms with Crippen LogP contribution in [0.2, 0.25) is 0 Å². The third kappa shape index (κ3) is 2.68. The van der Waals surface area contributed by atoms with Gasteiger partial charge in [-0.2, -0.15) is 15.0 Å². The van der Waals surface area contributed by atoms with Crippen LogP contribution in [0.3, 0.4) is 0 Å². The molecule has 1 aromatic carbocycles. The van der Waals surface area contributed by atoms with E-state index in [2.05, 4.69) is 33.1 Å². The highest BCUT2D eigenvalue weighted by atomic mass is 16.2. The van der Waals surface area contributed by atoms with Gasteiger partial charge in [-0.25, -0.2) is 0 Å². The van der Waals surface area contributed by atoms with Gasteiger partial charge in [0.2, 0.25) is 5.91 Å². The van der Waals surface area contributed by atoms with Crippen molar-refractivity contribution < 1.29 is 4.79 Å². The standard InChI is InChI=1S/C18H21N5O/c1-21-13-14(16-4-2-3-5-17(16)21)12-18(24)22-10-6-15(7-11-22)23-19-8-9-20-23/h2-5,8-9,13,15H,6-7,10-12H2,1H3. The molecule has 3 heterocycles. The highest BCUT2D eigenvalue weighted by Gasteiger charge is 2.25. The van der Waals surface area contributed by atoms with Gasteiger partial charge in [-0.1, -0.05) is 18.2 Å². The minimum Gasteiger partial charge on any atom is -0.350 e. The summed E-state index contributed by atoms with van der Waals surface area (Å²) in [5, 5.41) is 9.60. The molecule has 6 nitrogen and oxygen atoms in total. The van der Waals surface area contributed by atoms with Gasteiger partial charge in [-0.3, -0.25) is 4.79 Å². The number of fused-ring (bicyclic) bond motifs is 1. The number of nitrogens with zero attached hydrogens (tertiary/aromatic N) is 5. The van der Waals surface area contributed by atoms with Crippen molar-refractivity contribution in [1.29, 1.82) is 0 Å². The van der Waals surface area contributed by atoms with Gasteiger partial charge in [-0.15, -0.1) is 0 Å². The number of benzene rings is 1. The van der Waals surface area contributed by atoms with E-state index >= 15 is 0 Å². The molecule has 4 rings (SSSR count). The van der Waals surface area contributed by atoms with Crippen molar-refractivity contribution in [3.8, 4) is 0 Å². The SMILES string of the molecule is Cn1cc(CC(=O)N2CCC(n3nccn3)CC2)c2ccccc21. The summed E-state index contributed by atoms with van der Waals surface area (Å²) in [6, 6.07) is 8.54. The van der Waals surface area contributed by atoms with Gasteiger partial charge in [0.15, 0.2) is 0 Å². The summed E-state index contributed by atoms with van der Waals surface area (Å²) >= 11 is 0. The first-order valence-corrected chi connectivity index (χ1v) is 8.39. The van der Waals surface area contributed by atoms with E-state index in [1.807, 2.05) is 24.1 Å². The Kier molecular flexibility index (Phi) is 3.80. The lowest BCUT2D eigenvalue weighted by molar-refractivity contribution is -0.131. The van der Waals surface area contributed by atoms with E-state index in [1.165, 1.54) is 10.9 Å². The lowest BCUT2D eigenvalue weighted by Crippen LogP contribution is -2.40. The predicted octanol–water partition coefficient (Wildman–Crippen LogP) is 2.18. The van der Waals surface area contributed by atoms with Crippen LogP contribution in [0.15, 0.2) is 42.9 Å². The Morgan fingerprint density at radius 2 is 1.88 bits per heavy atom. The van der Waals surface area contributed by atoms with Crippen molar-refractivity contribution in [3.63, 3.8) is 0 Å². The summed E-state index contributed by atoms with van der Waals surface area (Å²) in [6.07, 6.45) is 7.77. The molecule has 0 unspecified atom stereocenters. The van der Waals surface area contributed by atoms with Crippen molar-refractivity contribution in [2.24, 2.45) is 7.05 Å². The van der Waals surface area contributed by atoms with Gasteiger partial charge in [0.05, 0.1) is 24.9 Å². The molecule has 124 valence electrons. The van der Waals surface area contributed by atoms with E-state index in [1.54, 1.807) is 17.2 Å². The normalized spacial score (nSPS) is 16.0. The fraction of sp³-hybridized carbons (Fsp3) is 0.389. The minimum atomic E-state index is 0.207. The van der Waals surface area contributed by atoms with Gasteiger partial charge < -0.3 is 9.47 Å². The highest BCUT2D eigenvalue weighted by molar-refractivity contribution is 5.89. The van der Waals surface area contributed by atoms with E-state index < -0.39 is 0 Å². The van der Waals surface area contributed by atoms with Crippen LogP contribution in [0.1, 0.15) is 24.4 Å². The highest BCUT2D eigenvalue weighted by Crippen LogP contribution is 2.24. The Labute approximate surface area is 140 Å². The molecule has 0 saturated carbocycles. The molecule has 0 aliphatic carbocycles. The van der Waals surface area contributed by atoms with Gasteiger partial charge >= 0.3 is 0 Å². The maximum atomic E-state index is 12.7. The number of para-hydroxylation sites is 1. The Bertz CT molecular complexity index is 844. The number of likely N-dealkylation sites (tertiary alicyclic amines) is 1. The number of aromatic nitrogens is 4. The van der Waals surface area contributed by atoms with Crippen molar-refractivity contribution in [2.75, 3.05) is 13.1 Å². The number of rotatable bonds is 3. The Morgan fingerprint density at radius 3 is 2.62 bits per heavy atom. The van der Waals surface area contributed by atoms with Crippen molar-refractivity contribution in [1.82, 2.24) is 24.5 Å². The minimum absolute atomic E-state index is 0.207. The van der Waals surface area contributed by atoms with Crippen molar-refractivity contribution in [3.05, 3.63) is 48.4 Å². The van der Waals surface area contributed by atoms with Crippen LogP contribution in [0, 0.1) is 0 Å². The number of carbonyl (C=O) groups excluding carboxylic acids is 1. The van der Waals surface area contributed by atoms with Gasteiger partial charge in [0, 0.05) is 37.2 Å². The first-order valence-electron chi connectivity index (χ1n) is 8.39. The molecular formula is C18H21N5O. The molecule has 6 heteroatoms. The molecule has 3 aromatic rings. The molecular weight excluding hydrogens is 302 g/mol. The lowest BCUT2D eigenvalue weighted by atomic mass is 10.0. The van der Waals surface area contributed by atoms with Crippen LogP contribution in [0.4, 0.5) is 0 Å². The number of amides is 1. The maximum Gasteiger partial charge on any atom is 0.227 e. The smallest absolute Gasteiger partial charge is 0.227 e. The van der Waals surface area contributed by atoms with E-state index in [0.29, 0.717) is 12.5 Å². The number of aryl methyl sites for hydroxylation is 1. The molecule has 0 bridgehead atoms. The molecule has 1 amide bonds. The first-order chi connectivity index (χ1) is 11.7. The van der Waals surface area contributed by atoms with Crippen LogP contribution in [0.5, 0.6) is 0 Å². The summed E-state index contributed by atoms with van der Waals surface area (Å²) < 4.78 is 2.09. The molecule has 2 aromatic heterocycles. The van der Waals surface area contributed by atoms with Crippen molar-refractivity contribution >= 4 is 16.8 Å². The van der Waals surface area contributed by atoms with E-state index in [-0.39, 0.29) is 5.91 Å². The van der Waals surface area contributed by atoms with Crippen LogP contribution in [-0.4, -0.2) is 43.5 Å². The fourth-order valence-corrected chi connectivity index (χ4v) is 3.60.